The van der Waals surface area contributed by atoms with E-state index >= 15 is 0 Å². The molecule has 0 bridgehead atoms. The number of para-hydroxylation sites is 2. The van der Waals surface area contributed by atoms with Crippen molar-refractivity contribution in [3.63, 3.8) is 0 Å². The lowest BCUT2D eigenvalue weighted by Crippen LogP contribution is -2.17. The summed E-state index contributed by atoms with van der Waals surface area (Å²) in [5, 5.41) is 3.31. The van der Waals surface area contributed by atoms with Crippen LogP contribution < -0.4 is 5.32 Å². The molecule has 1 saturated carbocycles. The number of hydrogen-bond donors (Lipinski definition) is 1. The fraction of sp³-hybridized carbons (Fsp3) is 0.500. The molecule has 4 heteroatoms. The summed E-state index contributed by atoms with van der Waals surface area (Å²) in [4.78, 5) is 4.41. The summed E-state index contributed by atoms with van der Waals surface area (Å²) in [6, 6.07) is 8.45. The van der Waals surface area contributed by atoms with E-state index < -0.39 is 0 Å². The van der Waals surface area contributed by atoms with Crippen LogP contribution in [0.25, 0.3) is 11.1 Å². The van der Waals surface area contributed by atoms with Gasteiger partial charge in [-0.2, -0.15) is 4.98 Å². The van der Waals surface area contributed by atoms with Gasteiger partial charge in [0.2, 0.25) is 0 Å². The Kier molecular flexibility index (Phi) is 2.96. The number of aromatic nitrogens is 1. The number of anilines is 1. The van der Waals surface area contributed by atoms with Gasteiger partial charge in [-0.05, 0) is 36.8 Å². The van der Waals surface area contributed by atoms with Crippen LogP contribution in [0.15, 0.2) is 28.7 Å². The Hall–Kier alpha value is -1.55. The minimum Gasteiger partial charge on any atom is -0.424 e. The highest BCUT2D eigenvalue weighted by molar-refractivity contribution is 5.74. The number of oxazole rings is 1. The molecule has 1 heterocycles. The van der Waals surface area contributed by atoms with Crippen LogP contribution in [0, 0.1) is 5.41 Å². The third-order valence-corrected chi connectivity index (χ3v) is 3.70. The van der Waals surface area contributed by atoms with Crippen LogP contribution in [0.2, 0.25) is 0 Å². The van der Waals surface area contributed by atoms with Crippen molar-refractivity contribution in [2.24, 2.45) is 5.41 Å². The predicted octanol–water partition coefficient (Wildman–Crippen LogP) is 3.06. The molecule has 0 atom stereocenters. The van der Waals surface area contributed by atoms with Gasteiger partial charge >= 0.3 is 0 Å². The van der Waals surface area contributed by atoms with Crippen molar-refractivity contribution in [1.82, 2.24) is 4.98 Å². The zero-order chi connectivity index (χ0) is 12.4. The molecule has 1 aliphatic rings. The van der Waals surface area contributed by atoms with Gasteiger partial charge in [0.15, 0.2) is 5.58 Å². The predicted molar refractivity (Wildman–Crippen MR) is 70.7 cm³/mol. The molecule has 0 saturated heterocycles. The van der Waals surface area contributed by atoms with Crippen molar-refractivity contribution in [3.8, 4) is 0 Å². The molecule has 1 N–H and O–H groups in total. The third kappa shape index (κ3) is 2.34. The Morgan fingerprint density at radius 3 is 2.94 bits per heavy atom. The van der Waals surface area contributed by atoms with Gasteiger partial charge in [-0.1, -0.05) is 12.1 Å². The summed E-state index contributed by atoms with van der Waals surface area (Å²) in [6.45, 7) is 1.75. The third-order valence-electron chi connectivity index (χ3n) is 3.70. The van der Waals surface area contributed by atoms with Crippen LogP contribution in [-0.2, 0) is 4.74 Å². The average Bonchev–Trinajstić information content (AvgIpc) is 3.04. The van der Waals surface area contributed by atoms with E-state index in [9.17, 15) is 0 Å². The summed E-state index contributed by atoms with van der Waals surface area (Å²) in [5.74, 6) is 0. The van der Waals surface area contributed by atoms with E-state index in [4.69, 9.17) is 9.15 Å². The number of benzene rings is 1. The second-order valence-electron chi connectivity index (χ2n) is 5.08. The molecule has 1 fully saturated rings. The van der Waals surface area contributed by atoms with Crippen molar-refractivity contribution in [2.75, 3.05) is 25.6 Å². The molecule has 0 amide bonds. The maximum absolute atomic E-state index is 5.64. The SMILES string of the molecule is COCCC1(CNc2nc3ccccc3o2)CC1. The lowest BCUT2D eigenvalue weighted by Gasteiger charge is -2.14. The summed E-state index contributed by atoms with van der Waals surface area (Å²) < 4.78 is 10.8. The monoisotopic (exact) mass is 246 g/mol. The van der Waals surface area contributed by atoms with Crippen LogP contribution in [0.3, 0.4) is 0 Å². The van der Waals surface area contributed by atoms with Crippen LogP contribution >= 0.6 is 0 Å². The van der Waals surface area contributed by atoms with Crippen LogP contribution in [0.5, 0.6) is 0 Å². The number of ether oxygens (including phenoxy) is 1. The fourth-order valence-corrected chi connectivity index (χ4v) is 2.22. The van der Waals surface area contributed by atoms with Crippen molar-refractivity contribution in [2.45, 2.75) is 19.3 Å². The van der Waals surface area contributed by atoms with E-state index in [1.807, 2.05) is 24.3 Å². The first-order valence-electron chi connectivity index (χ1n) is 6.40. The normalized spacial score (nSPS) is 16.9. The van der Waals surface area contributed by atoms with Crippen molar-refractivity contribution < 1.29 is 9.15 Å². The van der Waals surface area contributed by atoms with Crippen molar-refractivity contribution in [1.29, 1.82) is 0 Å². The minimum atomic E-state index is 0.399. The van der Waals surface area contributed by atoms with Gasteiger partial charge in [-0.15, -0.1) is 0 Å². The quantitative estimate of drug-likeness (QED) is 0.851. The first-order chi connectivity index (χ1) is 8.81. The standard InChI is InChI=1S/C14H18N2O2/c1-17-9-8-14(6-7-14)10-15-13-16-11-4-2-3-5-12(11)18-13/h2-5H,6-10H2,1H3,(H,15,16). The molecule has 0 aliphatic heterocycles. The average molecular weight is 246 g/mol. The van der Waals surface area contributed by atoms with E-state index in [0.29, 0.717) is 11.4 Å². The fourth-order valence-electron chi connectivity index (χ4n) is 2.22. The van der Waals surface area contributed by atoms with Crippen LogP contribution in [-0.4, -0.2) is 25.2 Å². The maximum Gasteiger partial charge on any atom is 0.295 e. The van der Waals surface area contributed by atoms with E-state index in [0.717, 1.165) is 30.7 Å². The molecule has 2 aromatic rings. The molecule has 18 heavy (non-hydrogen) atoms. The molecular weight excluding hydrogens is 228 g/mol. The van der Waals surface area contributed by atoms with Gasteiger partial charge < -0.3 is 14.5 Å². The van der Waals surface area contributed by atoms with Crippen molar-refractivity contribution >= 4 is 17.1 Å². The number of rotatable bonds is 6. The van der Waals surface area contributed by atoms with Gasteiger partial charge in [0, 0.05) is 20.3 Å². The van der Waals surface area contributed by atoms with E-state index in [1.54, 1.807) is 7.11 Å². The highest BCUT2D eigenvalue weighted by Gasteiger charge is 2.41. The molecule has 1 aromatic heterocycles. The number of hydrogen-bond acceptors (Lipinski definition) is 4. The van der Waals surface area contributed by atoms with E-state index in [2.05, 4.69) is 10.3 Å². The highest BCUT2D eigenvalue weighted by Crippen LogP contribution is 2.48. The molecule has 96 valence electrons. The zero-order valence-electron chi connectivity index (χ0n) is 10.6. The molecule has 1 aromatic carbocycles. The molecule has 4 nitrogen and oxygen atoms in total. The molecule has 3 rings (SSSR count). The number of nitrogens with one attached hydrogen (secondary N) is 1. The molecular formula is C14H18N2O2. The number of methoxy groups -OCH3 is 1. The summed E-state index contributed by atoms with van der Waals surface area (Å²) in [5.41, 5.74) is 2.14. The van der Waals surface area contributed by atoms with Crippen LogP contribution in [0.4, 0.5) is 6.01 Å². The minimum absolute atomic E-state index is 0.399. The Balaban J connectivity index is 1.63. The largest absolute Gasteiger partial charge is 0.424 e. The summed E-state index contributed by atoms with van der Waals surface area (Å²) in [7, 11) is 1.75. The van der Waals surface area contributed by atoms with E-state index in [1.165, 1.54) is 12.8 Å². The molecule has 1 aliphatic carbocycles. The van der Waals surface area contributed by atoms with Gasteiger partial charge in [0.25, 0.3) is 6.01 Å². The second kappa shape index (κ2) is 4.61. The number of fused-ring (bicyclic) bond motifs is 1. The summed E-state index contributed by atoms with van der Waals surface area (Å²) >= 11 is 0. The smallest absolute Gasteiger partial charge is 0.295 e. The number of nitrogens with zero attached hydrogens (tertiary/aromatic N) is 1. The zero-order valence-corrected chi connectivity index (χ0v) is 10.6. The Morgan fingerprint density at radius 1 is 1.39 bits per heavy atom. The summed E-state index contributed by atoms with van der Waals surface area (Å²) in [6.07, 6.45) is 3.64. The maximum atomic E-state index is 5.64. The Labute approximate surface area is 106 Å². The molecule has 0 radical (unpaired) electrons. The van der Waals surface area contributed by atoms with Gasteiger partial charge in [0.1, 0.15) is 5.52 Å². The molecule has 0 spiro atoms. The van der Waals surface area contributed by atoms with Crippen LogP contribution in [0.1, 0.15) is 19.3 Å². The Morgan fingerprint density at radius 2 is 2.22 bits per heavy atom. The van der Waals surface area contributed by atoms with Crippen molar-refractivity contribution in [3.05, 3.63) is 24.3 Å². The molecule has 0 unspecified atom stereocenters. The Bertz CT molecular complexity index is 498. The van der Waals surface area contributed by atoms with Gasteiger partial charge in [0.05, 0.1) is 0 Å². The van der Waals surface area contributed by atoms with E-state index in [-0.39, 0.29) is 0 Å². The lowest BCUT2D eigenvalue weighted by molar-refractivity contribution is 0.174. The first kappa shape index (κ1) is 11.5. The second-order valence-corrected chi connectivity index (χ2v) is 5.08. The highest BCUT2D eigenvalue weighted by atomic mass is 16.5. The van der Waals surface area contributed by atoms with Gasteiger partial charge in [-0.25, -0.2) is 0 Å². The topological polar surface area (TPSA) is 47.3 Å². The van der Waals surface area contributed by atoms with Gasteiger partial charge in [-0.3, -0.25) is 0 Å². The lowest BCUT2D eigenvalue weighted by atomic mass is 10.0. The first-order valence-corrected chi connectivity index (χ1v) is 6.40.